The van der Waals surface area contributed by atoms with Gasteiger partial charge in [-0.05, 0) is 43.7 Å². The van der Waals surface area contributed by atoms with Gasteiger partial charge >= 0.3 is 6.36 Å². The smallest absolute Gasteiger partial charge is 0.406 e. The van der Waals surface area contributed by atoms with Crippen LogP contribution in [0.4, 0.5) is 23.2 Å². The average Bonchev–Trinajstić information content (AvgIpc) is 2.65. The van der Waals surface area contributed by atoms with E-state index < -0.39 is 16.1 Å². The van der Waals surface area contributed by atoms with E-state index in [9.17, 15) is 17.6 Å². The summed E-state index contributed by atoms with van der Waals surface area (Å²) in [6.45, 7) is 3.74. The molecule has 0 saturated carbocycles. The molecule has 0 fully saturated rings. The molecule has 0 unspecified atom stereocenters. The summed E-state index contributed by atoms with van der Waals surface area (Å²) in [4.78, 5) is 8.13. The quantitative estimate of drug-likeness (QED) is 0.157. The Morgan fingerprint density at radius 2 is 1.71 bits per heavy atom. The fraction of sp³-hybridized carbons (Fsp3) is 0.300. The predicted molar refractivity (Wildman–Crippen MR) is 119 cm³/mol. The summed E-state index contributed by atoms with van der Waals surface area (Å²) >= 11 is 16.6. The molecular formula is C20H20Cl3F4N3O. The number of rotatable bonds is 4. The van der Waals surface area contributed by atoms with Crippen molar-refractivity contribution in [2.24, 2.45) is 9.98 Å². The molecular weight excluding hydrogens is 481 g/mol. The van der Waals surface area contributed by atoms with Crippen molar-refractivity contribution in [1.82, 2.24) is 0 Å². The third kappa shape index (κ3) is 11.2. The number of aryl methyl sites for hydroxylation is 1. The summed E-state index contributed by atoms with van der Waals surface area (Å²) in [5, 5.41) is 2.42. The molecule has 31 heavy (non-hydrogen) atoms. The van der Waals surface area contributed by atoms with Gasteiger partial charge < -0.3 is 10.1 Å². The normalized spacial score (nSPS) is 12.4. The van der Waals surface area contributed by atoms with Crippen molar-refractivity contribution in [1.29, 1.82) is 0 Å². The zero-order valence-electron chi connectivity index (χ0n) is 16.8. The van der Waals surface area contributed by atoms with E-state index in [0.29, 0.717) is 11.4 Å². The Labute approximate surface area is 192 Å². The van der Waals surface area contributed by atoms with Crippen LogP contribution in [-0.2, 0) is 0 Å². The van der Waals surface area contributed by atoms with Crippen molar-refractivity contribution < 1.29 is 22.3 Å². The largest absolute Gasteiger partial charge is 0.573 e. The van der Waals surface area contributed by atoms with Gasteiger partial charge in [-0.25, -0.2) is 9.38 Å². The van der Waals surface area contributed by atoms with Gasteiger partial charge in [-0.2, -0.15) is 0 Å². The van der Waals surface area contributed by atoms with Crippen LogP contribution < -0.4 is 10.1 Å². The van der Waals surface area contributed by atoms with Gasteiger partial charge in [0.15, 0.2) is 5.84 Å². The fourth-order valence-corrected chi connectivity index (χ4v) is 2.39. The Balaban J connectivity index is 0.000000343. The van der Waals surface area contributed by atoms with Crippen LogP contribution in [0.2, 0.25) is 0 Å². The minimum atomic E-state index is -4.60. The molecule has 0 amide bonds. The second-order valence-corrected chi connectivity index (χ2v) is 8.23. The second-order valence-electron chi connectivity index (χ2n) is 5.95. The van der Waals surface area contributed by atoms with Crippen LogP contribution in [0, 0.1) is 12.7 Å². The summed E-state index contributed by atoms with van der Waals surface area (Å²) in [5.41, 5.74) is 1.54. The summed E-state index contributed by atoms with van der Waals surface area (Å²) in [6, 6.07) is 10.1. The Bertz CT molecular complexity index is 896. The van der Waals surface area contributed by atoms with Gasteiger partial charge in [0.2, 0.25) is 0 Å². The molecule has 0 aromatic heterocycles. The Morgan fingerprint density at radius 3 is 2.16 bits per heavy atom. The number of amidine groups is 1. The topological polar surface area (TPSA) is 46.0 Å². The highest BCUT2D eigenvalue weighted by Crippen LogP contribution is 2.29. The molecule has 2 aromatic carbocycles. The highest BCUT2D eigenvalue weighted by molar-refractivity contribution is 6.68. The van der Waals surface area contributed by atoms with E-state index in [-0.39, 0.29) is 11.4 Å². The van der Waals surface area contributed by atoms with E-state index in [1.54, 1.807) is 38.4 Å². The van der Waals surface area contributed by atoms with Crippen molar-refractivity contribution in [3.8, 4) is 5.75 Å². The summed E-state index contributed by atoms with van der Waals surface area (Å²) < 4.78 is 50.6. The lowest BCUT2D eigenvalue weighted by Gasteiger charge is -2.15. The maximum Gasteiger partial charge on any atom is 0.573 e. The first-order valence-electron chi connectivity index (χ1n) is 8.81. The molecule has 2 aromatic rings. The van der Waals surface area contributed by atoms with Crippen LogP contribution in [0.3, 0.4) is 0 Å². The van der Waals surface area contributed by atoms with Gasteiger partial charge in [-0.3, -0.25) is 4.99 Å². The second kappa shape index (κ2) is 12.1. The van der Waals surface area contributed by atoms with Gasteiger partial charge in [0.05, 0.1) is 5.69 Å². The number of anilines is 1. The fourth-order valence-electron chi connectivity index (χ4n) is 2.09. The molecule has 11 heteroatoms. The van der Waals surface area contributed by atoms with Gasteiger partial charge in [0.1, 0.15) is 11.6 Å². The molecule has 4 nitrogen and oxygen atoms in total. The molecule has 0 heterocycles. The van der Waals surface area contributed by atoms with Crippen molar-refractivity contribution in [3.63, 3.8) is 0 Å². The molecule has 0 aliphatic heterocycles. The van der Waals surface area contributed by atoms with Gasteiger partial charge in [-0.15, -0.1) is 13.2 Å². The van der Waals surface area contributed by atoms with E-state index in [4.69, 9.17) is 34.8 Å². The van der Waals surface area contributed by atoms with Crippen molar-refractivity contribution in [3.05, 3.63) is 59.4 Å². The minimum absolute atomic E-state index is 0.0960. The van der Waals surface area contributed by atoms with E-state index in [0.717, 1.165) is 12.0 Å². The number of alkyl halides is 6. The lowest BCUT2D eigenvalue weighted by Crippen LogP contribution is -2.17. The van der Waals surface area contributed by atoms with Crippen LogP contribution in [0.5, 0.6) is 5.75 Å². The van der Waals surface area contributed by atoms with Crippen molar-refractivity contribution >= 4 is 52.5 Å². The van der Waals surface area contributed by atoms with E-state index in [1.165, 1.54) is 24.3 Å². The number of benzene rings is 2. The summed E-state index contributed by atoms with van der Waals surface area (Å²) in [6.07, 6.45) is -2.13. The number of nitrogens with one attached hydrogen (secondary N) is 1. The van der Waals surface area contributed by atoms with Gasteiger partial charge in [0.25, 0.3) is 3.92 Å². The number of nitrogens with zero attached hydrogens (tertiary/aromatic N) is 2. The molecule has 0 saturated heterocycles. The minimum Gasteiger partial charge on any atom is -0.406 e. The highest BCUT2D eigenvalue weighted by Gasteiger charge is 2.30. The average molecular weight is 501 g/mol. The molecule has 0 aliphatic carbocycles. The van der Waals surface area contributed by atoms with Crippen molar-refractivity contribution in [2.45, 2.75) is 30.5 Å². The standard InChI is InChI=1S/C12H13Cl3FN3.C8H7F3O/c1-3-6-18-11(17-2)8-4-5-10(9(16)7-8)19-12(13,14)15;1-6-2-4-7(5-3-6)12-8(9,10)11/h4-7,19H,3H2,1-2H3;2-5H,1H3. The van der Waals surface area contributed by atoms with Crippen LogP contribution in [0.1, 0.15) is 24.5 Å². The Kier molecular flexibility index (Phi) is 10.6. The third-order valence-electron chi connectivity index (χ3n) is 3.37. The number of ether oxygens (including phenoxy) is 1. The first-order valence-corrected chi connectivity index (χ1v) is 9.94. The molecule has 0 radical (unpaired) electrons. The lowest BCUT2D eigenvalue weighted by atomic mass is 10.2. The Hall–Kier alpha value is -2.03. The highest BCUT2D eigenvalue weighted by atomic mass is 35.6. The van der Waals surface area contributed by atoms with E-state index in [1.807, 2.05) is 6.92 Å². The number of hydrogen-bond acceptors (Lipinski definition) is 3. The molecule has 1 N–H and O–H groups in total. The molecule has 170 valence electrons. The molecule has 0 bridgehead atoms. The van der Waals surface area contributed by atoms with E-state index in [2.05, 4.69) is 20.0 Å². The predicted octanol–water partition coefficient (Wildman–Crippen LogP) is 7.32. The van der Waals surface area contributed by atoms with Crippen LogP contribution in [-0.4, -0.2) is 29.4 Å². The zero-order chi connectivity index (χ0) is 23.7. The summed E-state index contributed by atoms with van der Waals surface area (Å²) in [5.74, 6) is -0.286. The maximum absolute atomic E-state index is 13.9. The van der Waals surface area contributed by atoms with Crippen LogP contribution in [0.25, 0.3) is 0 Å². The first-order chi connectivity index (χ1) is 14.3. The van der Waals surface area contributed by atoms with E-state index >= 15 is 0 Å². The monoisotopic (exact) mass is 499 g/mol. The Morgan fingerprint density at radius 1 is 1.10 bits per heavy atom. The maximum atomic E-state index is 13.9. The molecule has 0 atom stereocenters. The zero-order valence-corrected chi connectivity index (χ0v) is 19.0. The molecule has 2 rings (SSSR count). The third-order valence-corrected chi connectivity index (χ3v) is 3.65. The van der Waals surface area contributed by atoms with Crippen LogP contribution >= 0.6 is 34.8 Å². The number of aliphatic imine (C=N–C) groups is 2. The SMILES string of the molecule is CCC=NC(=NC)c1ccc(NC(Cl)(Cl)Cl)c(F)c1.Cc1ccc(OC(F)(F)F)cc1. The van der Waals surface area contributed by atoms with Crippen molar-refractivity contribution in [2.75, 3.05) is 12.4 Å². The lowest BCUT2D eigenvalue weighted by molar-refractivity contribution is -0.274. The number of hydrogen-bond donors (Lipinski definition) is 1. The van der Waals surface area contributed by atoms with Crippen LogP contribution in [0.15, 0.2) is 52.4 Å². The number of halogens is 7. The first kappa shape index (κ1) is 27.0. The van der Waals surface area contributed by atoms with Gasteiger partial charge in [0, 0.05) is 18.8 Å². The summed E-state index contributed by atoms with van der Waals surface area (Å²) in [7, 11) is 1.59. The van der Waals surface area contributed by atoms with Gasteiger partial charge in [-0.1, -0.05) is 59.4 Å². The molecule has 0 spiro atoms. The molecule has 0 aliphatic rings.